The second kappa shape index (κ2) is 5.49. The standard InChI is InChI=1S/C16H21BrN2O/c1-10-7-11(3-6-15(10)17)16(20)19(2)14-8-12-4-5-13(9-14)18-12/h3,6-7,12-14,18H,4-5,8-9H2,1-2H3. The number of halogens is 1. The number of rotatable bonds is 2. The maximum Gasteiger partial charge on any atom is 0.253 e. The fourth-order valence-electron chi connectivity index (χ4n) is 3.49. The molecule has 2 saturated heterocycles. The largest absolute Gasteiger partial charge is 0.339 e. The number of carbonyl (C=O) groups excluding carboxylic acids is 1. The number of aryl methyl sites for hydroxylation is 1. The molecule has 3 nitrogen and oxygen atoms in total. The molecule has 2 unspecified atom stereocenters. The van der Waals surface area contributed by atoms with Crippen LogP contribution in [-0.2, 0) is 0 Å². The van der Waals surface area contributed by atoms with Gasteiger partial charge in [0.25, 0.3) is 5.91 Å². The van der Waals surface area contributed by atoms with Crippen LogP contribution in [0.3, 0.4) is 0 Å². The molecule has 1 amide bonds. The quantitative estimate of drug-likeness (QED) is 0.899. The van der Waals surface area contributed by atoms with E-state index in [0.717, 1.165) is 28.4 Å². The highest BCUT2D eigenvalue weighted by Gasteiger charge is 2.36. The summed E-state index contributed by atoms with van der Waals surface area (Å²) in [6.45, 7) is 2.02. The number of amides is 1. The molecule has 0 saturated carbocycles. The van der Waals surface area contributed by atoms with Crippen molar-refractivity contribution in [2.75, 3.05) is 7.05 Å². The molecule has 1 N–H and O–H groups in total. The van der Waals surface area contributed by atoms with Gasteiger partial charge in [0.2, 0.25) is 0 Å². The molecule has 20 heavy (non-hydrogen) atoms. The average Bonchev–Trinajstić information content (AvgIpc) is 2.79. The third kappa shape index (κ3) is 2.63. The Morgan fingerprint density at radius 2 is 1.95 bits per heavy atom. The van der Waals surface area contributed by atoms with Crippen LogP contribution in [0.5, 0.6) is 0 Å². The van der Waals surface area contributed by atoms with Crippen LogP contribution in [0.15, 0.2) is 22.7 Å². The zero-order valence-corrected chi connectivity index (χ0v) is 13.6. The first-order valence-electron chi connectivity index (χ1n) is 7.34. The van der Waals surface area contributed by atoms with Gasteiger partial charge in [-0.05, 0) is 56.4 Å². The van der Waals surface area contributed by atoms with Gasteiger partial charge in [0.15, 0.2) is 0 Å². The van der Waals surface area contributed by atoms with E-state index in [1.165, 1.54) is 12.8 Å². The van der Waals surface area contributed by atoms with Crippen molar-refractivity contribution in [1.29, 1.82) is 0 Å². The maximum absolute atomic E-state index is 12.6. The van der Waals surface area contributed by atoms with E-state index in [2.05, 4.69) is 21.2 Å². The number of carbonyl (C=O) groups is 1. The minimum atomic E-state index is 0.145. The molecule has 2 aliphatic heterocycles. The molecule has 2 aliphatic rings. The summed E-state index contributed by atoms with van der Waals surface area (Å²) in [4.78, 5) is 14.6. The summed E-state index contributed by atoms with van der Waals surface area (Å²) in [5.74, 6) is 0.145. The zero-order chi connectivity index (χ0) is 14.3. The van der Waals surface area contributed by atoms with Gasteiger partial charge in [-0.2, -0.15) is 0 Å². The molecule has 0 aliphatic carbocycles. The monoisotopic (exact) mass is 336 g/mol. The normalized spacial score (nSPS) is 28.4. The minimum Gasteiger partial charge on any atom is -0.339 e. The average molecular weight is 337 g/mol. The van der Waals surface area contributed by atoms with Crippen LogP contribution in [0.1, 0.15) is 41.6 Å². The van der Waals surface area contributed by atoms with E-state index in [9.17, 15) is 4.79 Å². The van der Waals surface area contributed by atoms with Crippen molar-refractivity contribution in [2.24, 2.45) is 0 Å². The van der Waals surface area contributed by atoms with Gasteiger partial charge in [-0.15, -0.1) is 0 Å². The second-order valence-electron chi connectivity index (χ2n) is 6.14. The third-order valence-electron chi connectivity index (χ3n) is 4.72. The van der Waals surface area contributed by atoms with Gasteiger partial charge >= 0.3 is 0 Å². The Labute approximate surface area is 128 Å². The minimum absolute atomic E-state index is 0.145. The van der Waals surface area contributed by atoms with Gasteiger partial charge in [0.1, 0.15) is 0 Å². The predicted octanol–water partition coefficient (Wildman–Crippen LogP) is 3.11. The lowest BCUT2D eigenvalue weighted by Crippen LogP contribution is -2.48. The molecular formula is C16H21BrN2O. The van der Waals surface area contributed by atoms with Crippen molar-refractivity contribution >= 4 is 21.8 Å². The third-order valence-corrected chi connectivity index (χ3v) is 5.61. The van der Waals surface area contributed by atoms with E-state index in [-0.39, 0.29) is 5.91 Å². The summed E-state index contributed by atoms with van der Waals surface area (Å²) in [6, 6.07) is 7.44. The van der Waals surface area contributed by atoms with Crippen LogP contribution in [0.4, 0.5) is 0 Å². The van der Waals surface area contributed by atoms with Gasteiger partial charge in [0.05, 0.1) is 0 Å². The Bertz CT molecular complexity index is 519. The van der Waals surface area contributed by atoms with Gasteiger partial charge in [-0.1, -0.05) is 15.9 Å². The highest BCUT2D eigenvalue weighted by Crippen LogP contribution is 2.30. The molecule has 2 fully saturated rings. The van der Waals surface area contributed by atoms with Crippen LogP contribution in [0.2, 0.25) is 0 Å². The molecule has 0 radical (unpaired) electrons. The van der Waals surface area contributed by atoms with Crippen molar-refractivity contribution in [1.82, 2.24) is 10.2 Å². The smallest absolute Gasteiger partial charge is 0.253 e. The number of piperidine rings is 1. The maximum atomic E-state index is 12.6. The number of hydrogen-bond acceptors (Lipinski definition) is 2. The van der Waals surface area contributed by atoms with E-state index in [1.807, 2.05) is 37.1 Å². The van der Waals surface area contributed by atoms with Crippen molar-refractivity contribution in [2.45, 2.75) is 50.7 Å². The lowest BCUT2D eigenvalue weighted by molar-refractivity contribution is 0.0681. The predicted molar refractivity (Wildman–Crippen MR) is 83.9 cm³/mol. The SMILES string of the molecule is Cc1cc(C(=O)N(C)C2CC3CCC(C2)N3)ccc1Br. The van der Waals surface area contributed by atoms with E-state index in [0.29, 0.717) is 18.1 Å². The van der Waals surface area contributed by atoms with Crippen LogP contribution in [-0.4, -0.2) is 36.0 Å². The number of hydrogen-bond donors (Lipinski definition) is 1. The molecule has 3 rings (SSSR count). The highest BCUT2D eigenvalue weighted by molar-refractivity contribution is 9.10. The number of nitrogens with zero attached hydrogens (tertiary/aromatic N) is 1. The molecule has 2 bridgehead atoms. The Morgan fingerprint density at radius 3 is 2.55 bits per heavy atom. The fourth-order valence-corrected chi connectivity index (χ4v) is 3.74. The Hall–Kier alpha value is -0.870. The van der Waals surface area contributed by atoms with Crippen LogP contribution in [0.25, 0.3) is 0 Å². The summed E-state index contributed by atoms with van der Waals surface area (Å²) in [5, 5.41) is 3.63. The number of fused-ring (bicyclic) bond motifs is 2. The van der Waals surface area contributed by atoms with Crippen molar-refractivity contribution in [3.8, 4) is 0 Å². The fraction of sp³-hybridized carbons (Fsp3) is 0.562. The van der Waals surface area contributed by atoms with E-state index in [1.54, 1.807) is 0 Å². The van der Waals surface area contributed by atoms with Crippen molar-refractivity contribution < 1.29 is 4.79 Å². The van der Waals surface area contributed by atoms with Crippen LogP contribution >= 0.6 is 15.9 Å². The number of nitrogens with one attached hydrogen (secondary N) is 1. The Balaban J connectivity index is 1.74. The lowest BCUT2D eigenvalue weighted by Gasteiger charge is -2.35. The molecule has 108 valence electrons. The first-order valence-corrected chi connectivity index (χ1v) is 8.13. The van der Waals surface area contributed by atoms with E-state index < -0.39 is 0 Å². The van der Waals surface area contributed by atoms with Gasteiger partial charge in [0, 0.05) is 35.2 Å². The first kappa shape index (κ1) is 14.1. The molecule has 2 heterocycles. The van der Waals surface area contributed by atoms with Gasteiger partial charge in [-0.25, -0.2) is 0 Å². The van der Waals surface area contributed by atoms with E-state index in [4.69, 9.17) is 0 Å². The molecule has 1 aromatic carbocycles. The molecule has 4 heteroatoms. The summed E-state index contributed by atoms with van der Waals surface area (Å²) in [6.07, 6.45) is 4.71. The Kier molecular flexibility index (Phi) is 3.87. The molecular weight excluding hydrogens is 316 g/mol. The molecule has 2 atom stereocenters. The van der Waals surface area contributed by atoms with E-state index >= 15 is 0 Å². The Morgan fingerprint density at radius 1 is 1.30 bits per heavy atom. The zero-order valence-electron chi connectivity index (χ0n) is 12.0. The number of benzene rings is 1. The van der Waals surface area contributed by atoms with Gasteiger partial charge < -0.3 is 10.2 Å². The summed E-state index contributed by atoms with van der Waals surface area (Å²) < 4.78 is 1.05. The molecule has 0 spiro atoms. The van der Waals surface area contributed by atoms with Crippen molar-refractivity contribution in [3.63, 3.8) is 0 Å². The van der Waals surface area contributed by atoms with Crippen LogP contribution in [0, 0.1) is 6.92 Å². The van der Waals surface area contributed by atoms with Crippen LogP contribution < -0.4 is 5.32 Å². The topological polar surface area (TPSA) is 32.3 Å². The molecule has 0 aromatic heterocycles. The lowest BCUT2D eigenvalue weighted by atomic mass is 9.98. The molecule has 1 aromatic rings. The van der Waals surface area contributed by atoms with Gasteiger partial charge in [-0.3, -0.25) is 4.79 Å². The summed E-state index contributed by atoms with van der Waals surface area (Å²) in [5.41, 5.74) is 1.90. The second-order valence-corrected chi connectivity index (χ2v) is 7.00. The summed E-state index contributed by atoms with van der Waals surface area (Å²) in [7, 11) is 1.95. The summed E-state index contributed by atoms with van der Waals surface area (Å²) >= 11 is 3.48. The van der Waals surface area contributed by atoms with Crippen molar-refractivity contribution in [3.05, 3.63) is 33.8 Å². The first-order chi connectivity index (χ1) is 9.54. The highest BCUT2D eigenvalue weighted by atomic mass is 79.9.